The molecule has 2 fully saturated rings. The largest absolute Gasteiger partial charge is 0.416 e. The number of aryl methyl sites for hydroxylation is 1. The van der Waals surface area contributed by atoms with E-state index >= 15 is 0 Å². The first-order valence-electron chi connectivity index (χ1n) is 14.7. The highest BCUT2D eigenvalue weighted by atomic mass is 19.4. The van der Waals surface area contributed by atoms with Gasteiger partial charge < -0.3 is 15.5 Å². The van der Waals surface area contributed by atoms with Crippen LogP contribution >= 0.6 is 0 Å². The highest BCUT2D eigenvalue weighted by Gasteiger charge is 2.35. The Balaban J connectivity index is 1.24. The SMILES string of the molecule is Cc1ccc(C(=O)Nc2cc(CN3CCCC3)cc(C(F)(F)F)c2)cc1Nc1ncnc2cnc(N3CCC(F)(F)CC3)nc12. The molecule has 4 aromatic rings. The Kier molecular flexibility index (Phi) is 8.25. The average molecular weight is 627 g/mol. The van der Waals surface area contributed by atoms with E-state index in [1.54, 1.807) is 29.2 Å². The number of fused-ring (bicyclic) bond motifs is 1. The molecule has 0 aliphatic carbocycles. The summed E-state index contributed by atoms with van der Waals surface area (Å²) in [6, 6.07) is 8.51. The van der Waals surface area contributed by atoms with Crippen LogP contribution in [-0.2, 0) is 12.7 Å². The van der Waals surface area contributed by atoms with Gasteiger partial charge in [0, 0.05) is 49.4 Å². The molecule has 236 valence electrons. The number of carbonyl (C=O) groups is 1. The second-order valence-electron chi connectivity index (χ2n) is 11.5. The van der Waals surface area contributed by atoms with Crippen LogP contribution in [0.4, 0.5) is 45.1 Å². The van der Waals surface area contributed by atoms with E-state index in [-0.39, 0.29) is 43.1 Å². The molecule has 2 N–H and O–H groups in total. The quantitative estimate of drug-likeness (QED) is 0.222. The number of likely N-dealkylation sites (tertiary alicyclic amines) is 1. The van der Waals surface area contributed by atoms with E-state index in [2.05, 4.69) is 35.5 Å². The van der Waals surface area contributed by atoms with Gasteiger partial charge in [-0.05, 0) is 74.3 Å². The molecule has 45 heavy (non-hydrogen) atoms. The summed E-state index contributed by atoms with van der Waals surface area (Å²) >= 11 is 0. The zero-order chi connectivity index (χ0) is 31.8. The van der Waals surface area contributed by atoms with E-state index in [0.29, 0.717) is 34.6 Å². The molecule has 1 amide bonds. The minimum Gasteiger partial charge on any atom is -0.340 e. The van der Waals surface area contributed by atoms with Crippen molar-refractivity contribution in [1.29, 1.82) is 0 Å². The number of aromatic nitrogens is 4. The van der Waals surface area contributed by atoms with Gasteiger partial charge in [0.2, 0.25) is 5.95 Å². The number of piperidine rings is 1. The van der Waals surface area contributed by atoms with E-state index < -0.39 is 23.6 Å². The molecule has 14 heteroatoms. The molecule has 0 saturated carbocycles. The summed E-state index contributed by atoms with van der Waals surface area (Å²) in [7, 11) is 0. The van der Waals surface area contributed by atoms with E-state index in [1.165, 1.54) is 12.5 Å². The predicted molar refractivity (Wildman–Crippen MR) is 160 cm³/mol. The topological polar surface area (TPSA) is 99.2 Å². The second kappa shape index (κ2) is 12.1. The third-order valence-electron chi connectivity index (χ3n) is 8.08. The fourth-order valence-corrected chi connectivity index (χ4v) is 5.57. The number of rotatable bonds is 7. The van der Waals surface area contributed by atoms with Gasteiger partial charge in [0.05, 0.1) is 11.8 Å². The number of hydrogen-bond acceptors (Lipinski definition) is 8. The Hall–Kier alpha value is -4.46. The number of hydrogen-bond donors (Lipinski definition) is 2. The van der Waals surface area contributed by atoms with Crippen molar-refractivity contribution >= 4 is 40.1 Å². The van der Waals surface area contributed by atoms with Crippen molar-refractivity contribution in [2.75, 3.05) is 41.7 Å². The van der Waals surface area contributed by atoms with Crippen LogP contribution in [0.2, 0.25) is 0 Å². The van der Waals surface area contributed by atoms with Gasteiger partial charge in [-0.3, -0.25) is 9.69 Å². The number of carbonyl (C=O) groups excluding carboxylic acids is 1. The molecule has 0 radical (unpaired) electrons. The van der Waals surface area contributed by atoms with Crippen molar-refractivity contribution in [3.63, 3.8) is 0 Å². The number of nitrogens with zero attached hydrogens (tertiary/aromatic N) is 6. The van der Waals surface area contributed by atoms with Crippen LogP contribution in [0.1, 0.15) is 52.7 Å². The summed E-state index contributed by atoms with van der Waals surface area (Å²) in [6.07, 6.45) is -0.311. The third-order valence-corrected chi connectivity index (χ3v) is 8.08. The third kappa shape index (κ3) is 7.11. The van der Waals surface area contributed by atoms with Crippen molar-refractivity contribution in [1.82, 2.24) is 24.8 Å². The Bertz CT molecular complexity index is 1710. The lowest BCUT2D eigenvalue weighted by Gasteiger charge is -2.31. The van der Waals surface area contributed by atoms with Crippen molar-refractivity contribution in [2.45, 2.75) is 51.3 Å². The molecule has 0 unspecified atom stereocenters. The normalized spacial score (nSPS) is 17.1. The molecule has 2 aromatic heterocycles. The zero-order valence-corrected chi connectivity index (χ0v) is 24.5. The molecule has 6 rings (SSSR count). The van der Waals surface area contributed by atoms with Gasteiger partial charge in [0.1, 0.15) is 17.4 Å². The smallest absolute Gasteiger partial charge is 0.340 e. The van der Waals surface area contributed by atoms with Gasteiger partial charge in [-0.15, -0.1) is 0 Å². The van der Waals surface area contributed by atoms with Crippen LogP contribution in [0.25, 0.3) is 11.0 Å². The minimum absolute atomic E-state index is 0.0561. The maximum atomic E-state index is 13.7. The maximum Gasteiger partial charge on any atom is 0.416 e. The zero-order valence-electron chi connectivity index (χ0n) is 24.5. The summed E-state index contributed by atoms with van der Waals surface area (Å²) in [5.41, 5.74) is 1.99. The van der Waals surface area contributed by atoms with E-state index in [9.17, 15) is 26.7 Å². The Labute approximate surface area is 255 Å². The Morgan fingerprint density at radius 3 is 2.47 bits per heavy atom. The first-order valence-corrected chi connectivity index (χ1v) is 14.7. The summed E-state index contributed by atoms with van der Waals surface area (Å²) in [5.74, 6) is -2.69. The highest BCUT2D eigenvalue weighted by Crippen LogP contribution is 2.34. The van der Waals surface area contributed by atoms with Gasteiger partial charge in [0.25, 0.3) is 11.8 Å². The molecule has 0 bridgehead atoms. The summed E-state index contributed by atoms with van der Waals surface area (Å²) in [5, 5.41) is 5.82. The molecular weight excluding hydrogens is 595 g/mol. The van der Waals surface area contributed by atoms with Gasteiger partial charge in [-0.1, -0.05) is 6.07 Å². The van der Waals surface area contributed by atoms with Gasteiger partial charge in [-0.25, -0.2) is 28.7 Å². The fraction of sp³-hybridized carbons (Fsp3) is 0.387. The van der Waals surface area contributed by atoms with Crippen LogP contribution in [0.5, 0.6) is 0 Å². The lowest BCUT2D eigenvalue weighted by molar-refractivity contribution is -0.137. The minimum atomic E-state index is -4.57. The molecular formula is C31H31F5N8O. The average Bonchev–Trinajstić information content (AvgIpc) is 3.50. The summed E-state index contributed by atoms with van der Waals surface area (Å²) in [6.45, 7) is 4.05. The van der Waals surface area contributed by atoms with E-state index in [4.69, 9.17) is 0 Å². The standard InChI is InChI=1S/C31H31F5N8O/c1-19-4-5-21(28(45)40-23-13-20(17-43-8-2-3-9-43)12-22(15-23)31(34,35)36)14-24(19)41-27-26-25(38-18-39-27)16-37-29(42-26)44-10-6-30(32,33)7-11-44/h4-5,12-16,18H,2-3,6-11,17H2,1H3,(H,40,45)(H,38,39,41). The highest BCUT2D eigenvalue weighted by molar-refractivity contribution is 6.05. The Morgan fingerprint density at radius 2 is 1.73 bits per heavy atom. The van der Waals surface area contributed by atoms with Crippen molar-refractivity contribution < 1.29 is 26.7 Å². The number of anilines is 4. The number of benzene rings is 2. The van der Waals surface area contributed by atoms with Crippen LogP contribution < -0.4 is 15.5 Å². The number of halogens is 5. The first kappa shape index (κ1) is 30.6. The number of amides is 1. The number of alkyl halides is 5. The molecule has 2 aliphatic heterocycles. The van der Waals surface area contributed by atoms with E-state index in [0.717, 1.165) is 43.6 Å². The second-order valence-corrected chi connectivity index (χ2v) is 11.5. The molecule has 2 aromatic carbocycles. The van der Waals surface area contributed by atoms with Crippen molar-refractivity contribution in [3.8, 4) is 0 Å². The van der Waals surface area contributed by atoms with Crippen LogP contribution in [0.15, 0.2) is 48.9 Å². The van der Waals surface area contributed by atoms with Gasteiger partial charge in [0.15, 0.2) is 5.82 Å². The molecule has 9 nitrogen and oxygen atoms in total. The molecule has 2 saturated heterocycles. The molecule has 2 aliphatic rings. The van der Waals surface area contributed by atoms with Crippen LogP contribution in [-0.4, -0.2) is 62.8 Å². The maximum absolute atomic E-state index is 13.7. The van der Waals surface area contributed by atoms with Crippen molar-refractivity contribution in [3.05, 3.63) is 71.2 Å². The first-order chi connectivity index (χ1) is 21.4. The Morgan fingerprint density at radius 1 is 0.978 bits per heavy atom. The monoisotopic (exact) mass is 626 g/mol. The van der Waals surface area contributed by atoms with E-state index in [1.807, 2.05) is 6.92 Å². The molecule has 0 atom stereocenters. The van der Waals surface area contributed by atoms with Crippen LogP contribution in [0, 0.1) is 6.92 Å². The van der Waals surface area contributed by atoms with Crippen LogP contribution in [0.3, 0.4) is 0 Å². The summed E-state index contributed by atoms with van der Waals surface area (Å²) in [4.78, 5) is 34.5. The lowest BCUT2D eigenvalue weighted by Crippen LogP contribution is -2.40. The number of nitrogens with one attached hydrogen (secondary N) is 2. The van der Waals surface area contributed by atoms with Crippen molar-refractivity contribution in [2.24, 2.45) is 0 Å². The van der Waals surface area contributed by atoms with Gasteiger partial charge >= 0.3 is 6.18 Å². The lowest BCUT2D eigenvalue weighted by atomic mass is 10.1. The summed E-state index contributed by atoms with van der Waals surface area (Å²) < 4.78 is 68.5. The molecule has 4 heterocycles. The van der Waals surface area contributed by atoms with Gasteiger partial charge in [-0.2, -0.15) is 13.2 Å². The molecule has 0 spiro atoms. The fourth-order valence-electron chi connectivity index (χ4n) is 5.57. The predicted octanol–water partition coefficient (Wildman–Crippen LogP) is 6.57.